The summed E-state index contributed by atoms with van der Waals surface area (Å²) in [5, 5.41) is 11.6. The molecule has 6 nitrogen and oxygen atoms in total. The fourth-order valence-corrected chi connectivity index (χ4v) is 5.42. The first-order chi connectivity index (χ1) is 14.9. The zero-order chi connectivity index (χ0) is 21.8. The molecule has 0 atom stereocenters. The number of benzene rings is 2. The van der Waals surface area contributed by atoms with Gasteiger partial charge in [0.25, 0.3) is 0 Å². The van der Waals surface area contributed by atoms with Gasteiger partial charge in [-0.3, -0.25) is 0 Å². The SMILES string of the molecule is Cc1ccc(-c2ccc(NCc3ccc(F)cc3)nn2)cc1S(=O)(=O)N1CCCCC1. The van der Waals surface area contributed by atoms with Crippen LogP contribution < -0.4 is 5.32 Å². The van der Waals surface area contributed by atoms with Crippen molar-refractivity contribution in [3.05, 3.63) is 71.5 Å². The molecular weight excluding hydrogens is 415 g/mol. The summed E-state index contributed by atoms with van der Waals surface area (Å²) in [6.45, 7) is 3.45. The molecule has 8 heteroatoms. The number of piperidine rings is 1. The second-order valence-electron chi connectivity index (χ2n) is 7.73. The Morgan fingerprint density at radius 3 is 2.39 bits per heavy atom. The van der Waals surface area contributed by atoms with Crippen LogP contribution in [0.15, 0.2) is 59.5 Å². The number of halogens is 1. The Kier molecular flexibility index (Phi) is 6.29. The Morgan fingerprint density at radius 1 is 0.968 bits per heavy atom. The Balaban J connectivity index is 1.51. The topological polar surface area (TPSA) is 75.2 Å². The van der Waals surface area contributed by atoms with Gasteiger partial charge < -0.3 is 5.32 Å². The van der Waals surface area contributed by atoms with Crippen LogP contribution in [-0.4, -0.2) is 36.0 Å². The minimum atomic E-state index is -3.53. The molecule has 4 rings (SSSR count). The lowest BCUT2D eigenvalue weighted by molar-refractivity contribution is 0.346. The van der Waals surface area contributed by atoms with E-state index >= 15 is 0 Å². The Hall–Kier alpha value is -2.84. The highest BCUT2D eigenvalue weighted by Gasteiger charge is 2.27. The van der Waals surface area contributed by atoms with E-state index in [2.05, 4.69) is 15.5 Å². The maximum Gasteiger partial charge on any atom is 0.243 e. The van der Waals surface area contributed by atoms with Crippen LogP contribution in [0.25, 0.3) is 11.3 Å². The highest BCUT2D eigenvalue weighted by Crippen LogP contribution is 2.28. The number of nitrogens with zero attached hydrogens (tertiary/aromatic N) is 3. The molecule has 0 unspecified atom stereocenters. The number of aromatic nitrogens is 2. The average Bonchev–Trinajstić information content (AvgIpc) is 2.80. The van der Waals surface area contributed by atoms with Crippen LogP contribution in [0.1, 0.15) is 30.4 Å². The molecule has 1 aliphatic heterocycles. The summed E-state index contributed by atoms with van der Waals surface area (Å²) in [5.41, 5.74) is 2.96. The zero-order valence-corrected chi connectivity index (χ0v) is 18.2. The normalized spacial score (nSPS) is 15.0. The second kappa shape index (κ2) is 9.11. The summed E-state index contributed by atoms with van der Waals surface area (Å²) in [4.78, 5) is 0.326. The van der Waals surface area contributed by atoms with Crippen molar-refractivity contribution in [2.24, 2.45) is 0 Å². The second-order valence-corrected chi connectivity index (χ2v) is 9.64. The molecule has 1 aliphatic rings. The number of hydrogen-bond acceptors (Lipinski definition) is 5. The molecule has 0 saturated carbocycles. The lowest BCUT2D eigenvalue weighted by Crippen LogP contribution is -2.35. The van der Waals surface area contributed by atoms with Gasteiger partial charge >= 0.3 is 0 Å². The number of sulfonamides is 1. The summed E-state index contributed by atoms with van der Waals surface area (Å²) in [5.74, 6) is 0.314. The van der Waals surface area contributed by atoms with Crippen LogP contribution in [0, 0.1) is 12.7 Å². The first-order valence-electron chi connectivity index (χ1n) is 10.4. The van der Waals surface area contributed by atoms with Crippen molar-refractivity contribution < 1.29 is 12.8 Å². The largest absolute Gasteiger partial charge is 0.365 e. The standard InChI is InChI=1S/C23H25FN4O2S/c1-17-5-8-19(15-22(17)31(29,30)28-13-3-2-4-14-28)21-11-12-23(27-26-21)25-16-18-6-9-20(24)10-7-18/h5-12,15H,2-4,13-14,16H2,1H3,(H,25,27). The maximum atomic E-state index is 13.1. The van der Waals surface area contributed by atoms with Gasteiger partial charge in [0, 0.05) is 25.2 Å². The fourth-order valence-electron chi connectivity index (χ4n) is 3.66. The molecule has 3 aromatic rings. The lowest BCUT2D eigenvalue weighted by Gasteiger charge is -2.26. The van der Waals surface area contributed by atoms with Crippen LogP contribution in [0.5, 0.6) is 0 Å². The van der Waals surface area contributed by atoms with Crippen molar-refractivity contribution in [2.45, 2.75) is 37.6 Å². The minimum Gasteiger partial charge on any atom is -0.365 e. The Bertz CT molecular complexity index is 1140. The number of hydrogen-bond donors (Lipinski definition) is 1. The Labute approximate surface area is 182 Å². The van der Waals surface area contributed by atoms with E-state index in [9.17, 15) is 12.8 Å². The molecule has 1 fully saturated rings. The molecule has 2 aromatic carbocycles. The molecule has 31 heavy (non-hydrogen) atoms. The molecule has 162 valence electrons. The van der Waals surface area contributed by atoms with E-state index in [-0.39, 0.29) is 5.82 Å². The molecule has 0 bridgehead atoms. The van der Waals surface area contributed by atoms with Gasteiger partial charge in [-0.15, -0.1) is 10.2 Å². The predicted octanol–water partition coefficient (Wildman–Crippen LogP) is 4.38. The monoisotopic (exact) mass is 440 g/mol. The van der Waals surface area contributed by atoms with Crippen LogP contribution in [-0.2, 0) is 16.6 Å². The lowest BCUT2D eigenvalue weighted by atomic mass is 10.1. The summed E-state index contributed by atoms with van der Waals surface area (Å²) in [7, 11) is -3.53. The molecule has 0 radical (unpaired) electrons. The van der Waals surface area contributed by atoms with Gasteiger partial charge in [-0.05, 0) is 61.2 Å². The molecular formula is C23H25FN4O2S. The third-order valence-electron chi connectivity index (χ3n) is 5.47. The first-order valence-corrected chi connectivity index (χ1v) is 11.8. The van der Waals surface area contributed by atoms with Crippen LogP contribution in [0.3, 0.4) is 0 Å². The smallest absolute Gasteiger partial charge is 0.243 e. The van der Waals surface area contributed by atoms with E-state index in [1.54, 1.807) is 28.6 Å². The van der Waals surface area contributed by atoms with E-state index in [4.69, 9.17) is 0 Å². The number of anilines is 1. The van der Waals surface area contributed by atoms with Gasteiger partial charge in [0.15, 0.2) is 0 Å². The highest BCUT2D eigenvalue weighted by molar-refractivity contribution is 7.89. The Morgan fingerprint density at radius 2 is 1.71 bits per heavy atom. The molecule has 0 spiro atoms. The van der Waals surface area contributed by atoms with Crippen molar-refractivity contribution in [3.63, 3.8) is 0 Å². The van der Waals surface area contributed by atoms with Crippen molar-refractivity contribution >= 4 is 15.8 Å². The summed E-state index contributed by atoms with van der Waals surface area (Å²) < 4.78 is 40.9. The quantitative estimate of drug-likeness (QED) is 0.616. The van der Waals surface area contributed by atoms with Crippen molar-refractivity contribution in [1.82, 2.24) is 14.5 Å². The third-order valence-corrected chi connectivity index (χ3v) is 7.51. The van der Waals surface area contributed by atoms with Crippen molar-refractivity contribution in [2.75, 3.05) is 18.4 Å². The molecule has 0 aliphatic carbocycles. The minimum absolute atomic E-state index is 0.271. The van der Waals surface area contributed by atoms with Gasteiger partial charge in [0.05, 0.1) is 10.6 Å². The average molecular weight is 441 g/mol. The van der Waals surface area contributed by atoms with Crippen molar-refractivity contribution in [3.8, 4) is 11.3 Å². The summed E-state index contributed by atoms with van der Waals surface area (Å²) >= 11 is 0. The predicted molar refractivity (Wildman–Crippen MR) is 119 cm³/mol. The van der Waals surface area contributed by atoms with Gasteiger partial charge in [0.2, 0.25) is 10.0 Å². The maximum absolute atomic E-state index is 13.1. The number of aryl methyl sites for hydroxylation is 1. The van der Waals surface area contributed by atoms with Crippen LogP contribution >= 0.6 is 0 Å². The van der Waals surface area contributed by atoms with Gasteiger partial charge in [0.1, 0.15) is 11.6 Å². The van der Waals surface area contributed by atoms with E-state index in [0.717, 1.165) is 30.4 Å². The summed E-state index contributed by atoms with van der Waals surface area (Å²) in [6, 6.07) is 15.2. The van der Waals surface area contributed by atoms with E-state index < -0.39 is 10.0 Å². The zero-order valence-electron chi connectivity index (χ0n) is 17.4. The first kappa shape index (κ1) is 21.4. The van der Waals surface area contributed by atoms with Crippen LogP contribution in [0.2, 0.25) is 0 Å². The molecule has 1 N–H and O–H groups in total. The van der Waals surface area contributed by atoms with E-state index in [0.29, 0.717) is 41.6 Å². The van der Waals surface area contributed by atoms with E-state index in [1.807, 2.05) is 25.1 Å². The highest BCUT2D eigenvalue weighted by atomic mass is 32.2. The summed E-state index contributed by atoms with van der Waals surface area (Å²) in [6.07, 6.45) is 2.87. The molecule has 0 amide bonds. The van der Waals surface area contributed by atoms with Crippen LogP contribution in [0.4, 0.5) is 10.2 Å². The van der Waals surface area contributed by atoms with Gasteiger partial charge in [-0.1, -0.05) is 30.7 Å². The molecule has 1 saturated heterocycles. The fraction of sp³-hybridized carbons (Fsp3) is 0.304. The third kappa shape index (κ3) is 4.91. The van der Waals surface area contributed by atoms with E-state index in [1.165, 1.54) is 12.1 Å². The molecule has 1 aromatic heterocycles. The van der Waals surface area contributed by atoms with Gasteiger partial charge in [-0.25, -0.2) is 12.8 Å². The van der Waals surface area contributed by atoms with Gasteiger partial charge in [-0.2, -0.15) is 4.31 Å². The number of rotatable bonds is 6. The van der Waals surface area contributed by atoms with Crippen molar-refractivity contribution in [1.29, 1.82) is 0 Å². The number of nitrogens with one attached hydrogen (secondary N) is 1. The molecule has 2 heterocycles.